The number of aliphatic hydroxyl groups excluding tert-OH is 1. The number of hydrogen-bond donors (Lipinski definition) is 2. The highest BCUT2D eigenvalue weighted by atomic mass is 35.5. The first kappa shape index (κ1) is 16.4. The number of tetrazole rings is 1. The zero-order valence-electron chi connectivity index (χ0n) is 13.2. The molecule has 124 valence electrons. The van der Waals surface area contributed by atoms with Crippen LogP contribution in [0, 0.1) is 6.92 Å². The average molecular weight is 344 g/mol. The van der Waals surface area contributed by atoms with Crippen LogP contribution >= 0.6 is 11.6 Å². The van der Waals surface area contributed by atoms with Crippen molar-refractivity contribution in [2.75, 3.05) is 11.9 Å². The van der Waals surface area contributed by atoms with Crippen LogP contribution < -0.4 is 5.32 Å². The summed E-state index contributed by atoms with van der Waals surface area (Å²) in [5.41, 5.74) is 2.79. The van der Waals surface area contributed by atoms with E-state index in [2.05, 4.69) is 20.8 Å². The first-order valence-corrected chi connectivity index (χ1v) is 8.01. The Morgan fingerprint density at radius 2 is 2.00 bits per heavy atom. The van der Waals surface area contributed by atoms with E-state index in [9.17, 15) is 5.11 Å². The molecule has 1 heterocycles. The molecule has 24 heavy (non-hydrogen) atoms. The molecule has 0 fully saturated rings. The number of halogens is 1. The highest BCUT2D eigenvalue weighted by molar-refractivity contribution is 6.31. The second-order valence-electron chi connectivity index (χ2n) is 5.55. The van der Waals surface area contributed by atoms with Crippen molar-refractivity contribution in [1.29, 1.82) is 0 Å². The highest BCUT2D eigenvalue weighted by Crippen LogP contribution is 2.20. The Balaban J connectivity index is 1.62. The summed E-state index contributed by atoms with van der Waals surface area (Å²) in [4.78, 5) is 0. The lowest BCUT2D eigenvalue weighted by molar-refractivity contribution is 0.161. The highest BCUT2D eigenvalue weighted by Gasteiger charge is 2.13. The Kier molecular flexibility index (Phi) is 5.08. The first-order chi connectivity index (χ1) is 11.6. The Morgan fingerprint density at radius 3 is 2.75 bits per heavy atom. The van der Waals surface area contributed by atoms with Crippen molar-refractivity contribution < 1.29 is 5.11 Å². The minimum absolute atomic E-state index is 0.295. The number of aromatic nitrogens is 4. The number of benzene rings is 2. The molecular formula is C17H18ClN5O. The molecule has 0 aliphatic rings. The molecule has 0 saturated heterocycles. The summed E-state index contributed by atoms with van der Waals surface area (Å²) in [7, 11) is 0. The van der Waals surface area contributed by atoms with Crippen molar-refractivity contribution in [2.24, 2.45) is 0 Å². The van der Waals surface area contributed by atoms with Gasteiger partial charge in [-0.1, -0.05) is 48.0 Å². The van der Waals surface area contributed by atoms with Gasteiger partial charge < -0.3 is 10.4 Å². The molecule has 0 radical (unpaired) electrons. The molecule has 0 saturated carbocycles. The molecule has 3 aromatic rings. The van der Waals surface area contributed by atoms with Gasteiger partial charge in [-0.3, -0.25) is 0 Å². The molecule has 0 aliphatic carbocycles. The van der Waals surface area contributed by atoms with Crippen molar-refractivity contribution >= 4 is 17.3 Å². The molecule has 0 spiro atoms. The van der Waals surface area contributed by atoms with Gasteiger partial charge in [-0.25, -0.2) is 4.68 Å². The molecule has 1 atom stereocenters. The lowest BCUT2D eigenvalue weighted by Crippen LogP contribution is -2.26. The van der Waals surface area contributed by atoms with Crippen molar-refractivity contribution in [3.8, 4) is 11.4 Å². The maximum atomic E-state index is 10.3. The Bertz CT molecular complexity index is 806. The average Bonchev–Trinajstić information content (AvgIpc) is 3.05. The third-order valence-corrected chi connectivity index (χ3v) is 4.07. The van der Waals surface area contributed by atoms with E-state index in [-0.39, 0.29) is 0 Å². The van der Waals surface area contributed by atoms with Crippen molar-refractivity contribution in [3.05, 3.63) is 59.1 Å². The van der Waals surface area contributed by atoms with Crippen LogP contribution in [0.1, 0.15) is 5.56 Å². The molecule has 0 amide bonds. The minimum atomic E-state index is -0.643. The van der Waals surface area contributed by atoms with Crippen LogP contribution in [0.25, 0.3) is 11.4 Å². The van der Waals surface area contributed by atoms with Crippen LogP contribution in [-0.2, 0) is 6.54 Å². The van der Waals surface area contributed by atoms with E-state index in [1.165, 1.54) is 0 Å². The zero-order valence-corrected chi connectivity index (χ0v) is 14.0. The monoisotopic (exact) mass is 343 g/mol. The molecular weight excluding hydrogens is 326 g/mol. The van der Waals surface area contributed by atoms with E-state index in [1.54, 1.807) is 4.68 Å². The zero-order chi connectivity index (χ0) is 16.9. The van der Waals surface area contributed by atoms with Gasteiger partial charge in [-0.05, 0) is 35.0 Å². The van der Waals surface area contributed by atoms with Crippen molar-refractivity contribution in [2.45, 2.75) is 19.6 Å². The van der Waals surface area contributed by atoms with Crippen LogP contribution in [0.2, 0.25) is 5.02 Å². The Morgan fingerprint density at radius 1 is 1.21 bits per heavy atom. The lowest BCUT2D eigenvalue weighted by atomic mass is 10.2. The van der Waals surface area contributed by atoms with Crippen LogP contribution in [0.5, 0.6) is 0 Å². The fourth-order valence-electron chi connectivity index (χ4n) is 2.32. The quantitative estimate of drug-likeness (QED) is 0.719. The van der Waals surface area contributed by atoms with Gasteiger partial charge in [0.25, 0.3) is 0 Å². The summed E-state index contributed by atoms with van der Waals surface area (Å²) >= 11 is 6.10. The van der Waals surface area contributed by atoms with Gasteiger partial charge in [0.2, 0.25) is 0 Å². The Hall–Kier alpha value is -2.44. The maximum absolute atomic E-state index is 10.3. The van der Waals surface area contributed by atoms with Crippen LogP contribution in [-0.4, -0.2) is 38.0 Å². The van der Waals surface area contributed by atoms with E-state index < -0.39 is 6.10 Å². The van der Waals surface area contributed by atoms with Gasteiger partial charge in [0, 0.05) is 22.8 Å². The predicted octanol–water partition coefficient (Wildman–Crippen LogP) is 2.77. The van der Waals surface area contributed by atoms with Gasteiger partial charge in [0.1, 0.15) is 0 Å². The standard InChI is InChI=1S/C17H18ClN5O/c1-12-7-8-14(9-16(12)18)19-10-15(24)11-23-17(20-21-22-23)13-5-3-2-4-6-13/h2-9,15,19,24H,10-11H2,1H3. The molecule has 0 aliphatic heterocycles. The third-order valence-electron chi connectivity index (χ3n) is 3.66. The van der Waals surface area contributed by atoms with E-state index in [4.69, 9.17) is 11.6 Å². The summed E-state index contributed by atoms with van der Waals surface area (Å²) in [6, 6.07) is 15.4. The van der Waals surface area contributed by atoms with E-state index in [1.807, 2.05) is 55.5 Å². The van der Waals surface area contributed by atoms with E-state index in [0.717, 1.165) is 16.8 Å². The van der Waals surface area contributed by atoms with E-state index in [0.29, 0.717) is 23.9 Å². The SMILES string of the molecule is Cc1ccc(NCC(O)Cn2nnnc2-c2ccccc2)cc1Cl. The predicted molar refractivity (Wildman–Crippen MR) is 93.9 cm³/mol. The molecule has 0 bridgehead atoms. The number of aliphatic hydroxyl groups is 1. The van der Waals surface area contributed by atoms with Crippen LogP contribution in [0.3, 0.4) is 0 Å². The number of aryl methyl sites for hydroxylation is 1. The topological polar surface area (TPSA) is 75.9 Å². The summed E-state index contributed by atoms with van der Waals surface area (Å²) < 4.78 is 1.60. The number of nitrogens with zero attached hydrogens (tertiary/aromatic N) is 4. The summed E-state index contributed by atoms with van der Waals surface area (Å²) in [5.74, 6) is 0.632. The van der Waals surface area contributed by atoms with Crippen LogP contribution in [0.4, 0.5) is 5.69 Å². The molecule has 1 aromatic heterocycles. The van der Waals surface area contributed by atoms with Crippen LogP contribution in [0.15, 0.2) is 48.5 Å². The van der Waals surface area contributed by atoms with Gasteiger partial charge >= 0.3 is 0 Å². The molecule has 3 rings (SSSR count). The summed E-state index contributed by atoms with van der Waals surface area (Å²) in [6.45, 7) is 2.61. The van der Waals surface area contributed by atoms with Gasteiger partial charge in [-0.15, -0.1) is 5.10 Å². The fraction of sp³-hybridized carbons (Fsp3) is 0.235. The second-order valence-corrected chi connectivity index (χ2v) is 5.96. The summed E-state index contributed by atoms with van der Waals surface area (Å²) in [5, 5.41) is 25.8. The lowest BCUT2D eigenvalue weighted by Gasteiger charge is -2.14. The largest absolute Gasteiger partial charge is 0.389 e. The Labute approximate surface area is 145 Å². The van der Waals surface area contributed by atoms with Gasteiger partial charge in [0.05, 0.1) is 12.6 Å². The number of hydrogen-bond acceptors (Lipinski definition) is 5. The molecule has 2 aromatic carbocycles. The van der Waals surface area contributed by atoms with Crippen molar-refractivity contribution in [3.63, 3.8) is 0 Å². The maximum Gasteiger partial charge on any atom is 0.182 e. The minimum Gasteiger partial charge on any atom is -0.389 e. The number of rotatable bonds is 6. The third kappa shape index (κ3) is 3.90. The normalized spacial score (nSPS) is 12.1. The number of anilines is 1. The smallest absolute Gasteiger partial charge is 0.182 e. The molecule has 7 heteroatoms. The molecule has 1 unspecified atom stereocenters. The van der Waals surface area contributed by atoms with Gasteiger partial charge in [-0.2, -0.15) is 0 Å². The first-order valence-electron chi connectivity index (χ1n) is 7.63. The molecule has 2 N–H and O–H groups in total. The van der Waals surface area contributed by atoms with Gasteiger partial charge in [0.15, 0.2) is 5.82 Å². The van der Waals surface area contributed by atoms with E-state index >= 15 is 0 Å². The second kappa shape index (κ2) is 7.42. The fourth-order valence-corrected chi connectivity index (χ4v) is 2.50. The molecule has 6 nitrogen and oxygen atoms in total. The van der Waals surface area contributed by atoms with Crippen molar-refractivity contribution in [1.82, 2.24) is 20.2 Å². The number of nitrogens with one attached hydrogen (secondary N) is 1. The summed E-state index contributed by atoms with van der Waals surface area (Å²) in [6.07, 6.45) is -0.643.